The second kappa shape index (κ2) is 13.5. The van der Waals surface area contributed by atoms with E-state index in [1.54, 1.807) is 0 Å². The first-order chi connectivity index (χ1) is 27.8. The molecule has 0 aliphatic rings. The average Bonchev–Trinajstić information content (AvgIpc) is 3.85. The van der Waals surface area contributed by atoms with Gasteiger partial charge in [0.2, 0.25) is 0 Å². The zero-order valence-corrected chi connectivity index (χ0v) is 32.0. The SMILES string of the molecule is c1ccc(-c2ccc(N(c3cc(N(c4ccccc4)c4ccccc4)c4c(c3)sc3ccc5ccccc5c34)c3cccc4c3sc3ccccc34)cc2)cc1. The van der Waals surface area contributed by atoms with E-state index < -0.39 is 0 Å². The lowest BCUT2D eigenvalue weighted by molar-refractivity contribution is 1.27. The van der Waals surface area contributed by atoms with Crippen molar-refractivity contribution in [3.8, 4) is 11.1 Å². The zero-order valence-electron chi connectivity index (χ0n) is 30.3. The Bertz CT molecular complexity index is 3150. The summed E-state index contributed by atoms with van der Waals surface area (Å²) in [5.74, 6) is 0. The topological polar surface area (TPSA) is 6.48 Å². The Morgan fingerprint density at radius 3 is 1.64 bits per heavy atom. The summed E-state index contributed by atoms with van der Waals surface area (Å²) >= 11 is 3.75. The summed E-state index contributed by atoms with van der Waals surface area (Å²) in [5, 5.41) is 7.65. The van der Waals surface area contributed by atoms with Gasteiger partial charge in [0.1, 0.15) is 0 Å². The highest BCUT2D eigenvalue weighted by molar-refractivity contribution is 7.26. The highest BCUT2D eigenvalue weighted by atomic mass is 32.1. The third-order valence-electron chi connectivity index (χ3n) is 10.8. The number of benzene rings is 9. The predicted molar refractivity (Wildman–Crippen MR) is 245 cm³/mol. The van der Waals surface area contributed by atoms with Crippen LogP contribution in [0.1, 0.15) is 0 Å². The monoisotopic (exact) mass is 750 g/mol. The van der Waals surface area contributed by atoms with E-state index >= 15 is 0 Å². The molecule has 0 N–H and O–H groups in total. The number of thiophene rings is 2. The molecule has 264 valence electrons. The minimum atomic E-state index is 1.11. The van der Waals surface area contributed by atoms with Crippen molar-refractivity contribution in [3.63, 3.8) is 0 Å². The van der Waals surface area contributed by atoms with Crippen LogP contribution < -0.4 is 9.80 Å². The molecule has 0 atom stereocenters. The fourth-order valence-electron chi connectivity index (χ4n) is 8.29. The first kappa shape index (κ1) is 32.7. The molecule has 4 heteroatoms. The number of para-hydroxylation sites is 2. The van der Waals surface area contributed by atoms with E-state index in [1.165, 1.54) is 67.9 Å². The lowest BCUT2D eigenvalue weighted by Gasteiger charge is -2.30. The molecular weight excluding hydrogens is 717 g/mol. The van der Waals surface area contributed by atoms with E-state index in [1.807, 2.05) is 22.7 Å². The third-order valence-corrected chi connectivity index (χ3v) is 13.1. The molecule has 9 aromatic carbocycles. The fraction of sp³-hybridized carbons (Fsp3) is 0. The minimum absolute atomic E-state index is 1.11. The Morgan fingerprint density at radius 1 is 0.304 bits per heavy atom. The summed E-state index contributed by atoms with van der Waals surface area (Å²) in [5.41, 5.74) is 9.16. The Balaban J connectivity index is 1.24. The normalized spacial score (nSPS) is 11.6. The van der Waals surface area contributed by atoms with Crippen molar-refractivity contribution in [3.05, 3.63) is 206 Å². The van der Waals surface area contributed by atoms with Gasteiger partial charge in [0.25, 0.3) is 0 Å². The molecule has 0 saturated carbocycles. The number of fused-ring (bicyclic) bond motifs is 8. The summed E-state index contributed by atoms with van der Waals surface area (Å²) in [4.78, 5) is 4.92. The first-order valence-electron chi connectivity index (χ1n) is 18.9. The summed E-state index contributed by atoms with van der Waals surface area (Å²) in [7, 11) is 0. The van der Waals surface area contributed by atoms with Gasteiger partial charge in [-0.05, 0) is 88.6 Å². The molecule has 0 aliphatic heterocycles. The van der Waals surface area contributed by atoms with E-state index in [2.05, 4.69) is 216 Å². The molecule has 56 heavy (non-hydrogen) atoms. The highest BCUT2D eigenvalue weighted by Crippen LogP contribution is 2.52. The van der Waals surface area contributed by atoms with Gasteiger partial charge in [0.05, 0.1) is 16.1 Å². The van der Waals surface area contributed by atoms with Crippen molar-refractivity contribution < 1.29 is 0 Å². The van der Waals surface area contributed by atoms with Crippen LogP contribution >= 0.6 is 22.7 Å². The van der Waals surface area contributed by atoms with Crippen LogP contribution in [0.25, 0.3) is 62.2 Å². The lowest BCUT2D eigenvalue weighted by Crippen LogP contribution is -2.13. The van der Waals surface area contributed by atoms with Crippen molar-refractivity contribution in [1.29, 1.82) is 0 Å². The minimum Gasteiger partial charge on any atom is -0.310 e. The summed E-state index contributed by atoms with van der Waals surface area (Å²) in [6, 6.07) is 75.1. The Hall–Kier alpha value is -6.72. The standard InChI is InChI=1S/C52H34N2S2/c1-4-15-35(16-5-1)36-27-30-40(31-28-36)54(45-25-14-24-44-43-23-12-13-26-47(43)56-52(44)45)41-33-46(53(38-18-6-2-7-19-38)39-20-8-3-9-21-39)51-49(34-41)55-48-32-29-37-17-10-11-22-42(37)50(48)51/h1-34H. The smallest absolute Gasteiger partial charge is 0.0640 e. The molecule has 0 aliphatic carbocycles. The van der Waals surface area contributed by atoms with Gasteiger partial charge >= 0.3 is 0 Å². The van der Waals surface area contributed by atoms with Crippen LogP contribution in [0.4, 0.5) is 34.1 Å². The first-order valence-corrected chi connectivity index (χ1v) is 20.6. The van der Waals surface area contributed by atoms with Crippen molar-refractivity contribution in [2.75, 3.05) is 9.80 Å². The molecule has 0 bridgehead atoms. The Labute approximate surface area is 333 Å². The van der Waals surface area contributed by atoms with Gasteiger partial charge in [-0.1, -0.05) is 140 Å². The van der Waals surface area contributed by atoms with Gasteiger partial charge < -0.3 is 9.80 Å². The molecule has 11 aromatic rings. The fourth-order valence-corrected chi connectivity index (χ4v) is 10.7. The third kappa shape index (κ3) is 5.45. The van der Waals surface area contributed by atoms with Crippen molar-refractivity contribution >= 4 is 108 Å². The largest absolute Gasteiger partial charge is 0.310 e. The van der Waals surface area contributed by atoms with Crippen LogP contribution in [0, 0.1) is 0 Å². The lowest BCUT2D eigenvalue weighted by atomic mass is 10.0. The molecular formula is C52H34N2S2. The number of rotatable bonds is 7. The van der Waals surface area contributed by atoms with Gasteiger partial charge in [0, 0.05) is 58.4 Å². The molecule has 2 aromatic heterocycles. The summed E-state index contributed by atoms with van der Waals surface area (Å²) in [6.07, 6.45) is 0. The molecule has 2 nitrogen and oxygen atoms in total. The molecule has 0 radical (unpaired) electrons. The van der Waals surface area contributed by atoms with Gasteiger partial charge in [0.15, 0.2) is 0 Å². The van der Waals surface area contributed by atoms with Gasteiger partial charge in [-0.3, -0.25) is 0 Å². The van der Waals surface area contributed by atoms with Crippen LogP contribution in [-0.4, -0.2) is 0 Å². The van der Waals surface area contributed by atoms with E-state index in [-0.39, 0.29) is 0 Å². The highest BCUT2D eigenvalue weighted by Gasteiger charge is 2.25. The van der Waals surface area contributed by atoms with Crippen LogP contribution in [0.3, 0.4) is 0 Å². The van der Waals surface area contributed by atoms with Crippen LogP contribution in [0.5, 0.6) is 0 Å². The molecule has 0 saturated heterocycles. The van der Waals surface area contributed by atoms with Gasteiger partial charge in [-0.15, -0.1) is 22.7 Å². The van der Waals surface area contributed by atoms with E-state index in [4.69, 9.17) is 0 Å². The molecule has 0 spiro atoms. The molecule has 2 heterocycles. The second-order valence-electron chi connectivity index (χ2n) is 14.1. The van der Waals surface area contributed by atoms with Crippen LogP contribution in [0.15, 0.2) is 206 Å². The quantitative estimate of drug-likeness (QED) is 0.160. The van der Waals surface area contributed by atoms with Crippen LogP contribution in [-0.2, 0) is 0 Å². The second-order valence-corrected chi connectivity index (χ2v) is 16.2. The number of nitrogens with zero attached hydrogens (tertiary/aromatic N) is 2. The molecule has 11 rings (SSSR count). The number of hydrogen-bond acceptors (Lipinski definition) is 4. The Kier molecular flexibility index (Phi) is 7.90. The maximum atomic E-state index is 2.48. The average molecular weight is 751 g/mol. The van der Waals surface area contributed by atoms with Crippen molar-refractivity contribution in [2.45, 2.75) is 0 Å². The zero-order chi connectivity index (χ0) is 37.0. The van der Waals surface area contributed by atoms with E-state index in [0.29, 0.717) is 0 Å². The maximum Gasteiger partial charge on any atom is 0.0640 e. The van der Waals surface area contributed by atoms with Crippen LogP contribution in [0.2, 0.25) is 0 Å². The predicted octanol–water partition coefficient (Wildman–Crippen LogP) is 16.2. The molecule has 0 unspecified atom stereocenters. The Morgan fingerprint density at radius 2 is 0.893 bits per heavy atom. The maximum absolute atomic E-state index is 2.48. The summed E-state index contributed by atoms with van der Waals surface area (Å²) in [6.45, 7) is 0. The van der Waals surface area contributed by atoms with Gasteiger partial charge in [-0.2, -0.15) is 0 Å². The van der Waals surface area contributed by atoms with Crippen molar-refractivity contribution in [1.82, 2.24) is 0 Å². The molecule has 0 fully saturated rings. The molecule has 0 amide bonds. The van der Waals surface area contributed by atoms with E-state index in [9.17, 15) is 0 Å². The summed E-state index contributed by atoms with van der Waals surface area (Å²) < 4.78 is 5.09. The van der Waals surface area contributed by atoms with E-state index in [0.717, 1.165) is 28.4 Å². The number of hydrogen-bond donors (Lipinski definition) is 0. The van der Waals surface area contributed by atoms with Gasteiger partial charge in [-0.25, -0.2) is 0 Å². The number of anilines is 6. The van der Waals surface area contributed by atoms with Crippen molar-refractivity contribution in [2.24, 2.45) is 0 Å².